The lowest BCUT2D eigenvalue weighted by Crippen LogP contribution is -2.24. The predicted octanol–water partition coefficient (Wildman–Crippen LogP) is 3.98. The summed E-state index contributed by atoms with van der Waals surface area (Å²) in [5, 5.41) is 2.85. The van der Waals surface area contributed by atoms with Crippen molar-refractivity contribution < 1.29 is 9.21 Å². The predicted molar refractivity (Wildman–Crippen MR) is 128 cm³/mol. The number of benzene rings is 2. The van der Waals surface area contributed by atoms with E-state index in [1.165, 1.54) is 4.57 Å². The number of hydrogen-bond acceptors (Lipinski definition) is 6. The SMILES string of the molecule is Cc1ccc(-c2cc(C(=O)NCc3ncc(C)cn3)cc(-n3c(=O)oc4ccccc43)c2)nc1. The average Bonchev–Trinajstić information content (AvgIpc) is 3.19. The maximum atomic E-state index is 13.1. The zero-order valence-electron chi connectivity index (χ0n) is 18.6. The smallest absolute Gasteiger partial charge is 0.407 e. The third kappa shape index (κ3) is 4.21. The van der Waals surface area contributed by atoms with Crippen LogP contribution in [0.5, 0.6) is 0 Å². The molecule has 0 unspecified atom stereocenters. The molecule has 1 N–H and O–H groups in total. The van der Waals surface area contributed by atoms with Crippen molar-refractivity contribution in [2.45, 2.75) is 20.4 Å². The molecular formula is C26H21N5O3. The van der Waals surface area contributed by atoms with Gasteiger partial charge in [0, 0.05) is 29.7 Å². The van der Waals surface area contributed by atoms with E-state index in [2.05, 4.69) is 20.3 Å². The third-order valence-corrected chi connectivity index (χ3v) is 5.37. The maximum Gasteiger partial charge on any atom is 0.424 e. The van der Waals surface area contributed by atoms with Crippen molar-refractivity contribution in [3.8, 4) is 16.9 Å². The topological polar surface area (TPSA) is 103 Å². The van der Waals surface area contributed by atoms with Crippen molar-refractivity contribution >= 4 is 17.0 Å². The molecule has 0 atom stereocenters. The van der Waals surface area contributed by atoms with Crippen LogP contribution in [-0.2, 0) is 6.54 Å². The second-order valence-corrected chi connectivity index (χ2v) is 8.02. The molecule has 0 aliphatic carbocycles. The van der Waals surface area contributed by atoms with Gasteiger partial charge in [0.1, 0.15) is 5.82 Å². The van der Waals surface area contributed by atoms with E-state index in [4.69, 9.17) is 4.42 Å². The van der Waals surface area contributed by atoms with Crippen LogP contribution in [0.4, 0.5) is 0 Å². The van der Waals surface area contributed by atoms with Gasteiger partial charge in [0.2, 0.25) is 0 Å². The van der Waals surface area contributed by atoms with Gasteiger partial charge < -0.3 is 9.73 Å². The highest BCUT2D eigenvalue weighted by Gasteiger charge is 2.16. The number of aryl methyl sites for hydroxylation is 2. The number of carbonyl (C=O) groups is 1. The molecule has 0 aliphatic heterocycles. The summed E-state index contributed by atoms with van der Waals surface area (Å²) < 4.78 is 6.86. The van der Waals surface area contributed by atoms with Gasteiger partial charge in [0.25, 0.3) is 5.91 Å². The Morgan fingerprint density at radius 3 is 2.47 bits per heavy atom. The van der Waals surface area contributed by atoms with Gasteiger partial charge in [-0.25, -0.2) is 19.3 Å². The average molecular weight is 451 g/mol. The molecule has 168 valence electrons. The first-order chi connectivity index (χ1) is 16.5. The van der Waals surface area contributed by atoms with Gasteiger partial charge in [-0.2, -0.15) is 0 Å². The number of amides is 1. The second kappa shape index (κ2) is 8.74. The molecule has 3 heterocycles. The van der Waals surface area contributed by atoms with Crippen molar-refractivity contribution in [1.82, 2.24) is 24.8 Å². The van der Waals surface area contributed by atoms with E-state index >= 15 is 0 Å². The van der Waals surface area contributed by atoms with E-state index in [1.54, 1.807) is 48.9 Å². The van der Waals surface area contributed by atoms with E-state index in [9.17, 15) is 9.59 Å². The van der Waals surface area contributed by atoms with Crippen LogP contribution in [0, 0.1) is 13.8 Å². The molecule has 5 rings (SSSR count). The van der Waals surface area contributed by atoms with Gasteiger partial charge in [0.05, 0.1) is 23.4 Å². The lowest BCUT2D eigenvalue weighted by atomic mass is 10.0. The number of hydrogen-bond donors (Lipinski definition) is 1. The molecule has 0 saturated carbocycles. The normalized spacial score (nSPS) is 11.0. The van der Waals surface area contributed by atoms with E-state index < -0.39 is 5.76 Å². The minimum Gasteiger partial charge on any atom is -0.407 e. The second-order valence-electron chi connectivity index (χ2n) is 8.02. The van der Waals surface area contributed by atoms with Crippen LogP contribution in [0.2, 0.25) is 0 Å². The number of fused-ring (bicyclic) bond motifs is 1. The number of nitrogens with one attached hydrogen (secondary N) is 1. The molecule has 5 aromatic rings. The summed E-state index contributed by atoms with van der Waals surface area (Å²) in [5.74, 6) is -0.345. The third-order valence-electron chi connectivity index (χ3n) is 5.37. The molecule has 0 bridgehead atoms. The van der Waals surface area contributed by atoms with Crippen molar-refractivity contribution in [3.05, 3.63) is 106 Å². The largest absolute Gasteiger partial charge is 0.424 e. The Kier molecular flexibility index (Phi) is 5.47. The van der Waals surface area contributed by atoms with Crippen LogP contribution in [0.1, 0.15) is 27.3 Å². The van der Waals surface area contributed by atoms with Gasteiger partial charge in [-0.15, -0.1) is 0 Å². The zero-order chi connectivity index (χ0) is 23.7. The maximum absolute atomic E-state index is 13.1. The van der Waals surface area contributed by atoms with Crippen molar-refractivity contribution in [2.24, 2.45) is 0 Å². The standard InChI is InChI=1S/C26H21N5O3/c1-16-7-8-21(27-12-16)18-9-19(25(32)30-15-24-28-13-17(2)14-29-24)11-20(10-18)31-22-5-3-4-6-23(22)34-26(31)33/h3-14H,15H2,1-2H3,(H,30,32). The van der Waals surface area contributed by atoms with Crippen LogP contribution < -0.4 is 11.1 Å². The highest BCUT2D eigenvalue weighted by molar-refractivity contribution is 5.96. The molecule has 2 aromatic carbocycles. The van der Waals surface area contributed by atoms with E-state index in [0.29, 0.717) is 39.4 Å². The molecule has 1 amide bonds. The molecule has 8 nitrogen and oxygen atoms in total. The molecule has 34 heavy (non-hydrogen) atoms. The quantitative estimate of drug-likeness (QED) is 0.434. The summed E-state index contributed by atoms with van der Waals surface area (Å²) in [6.07, 6.45) is 5.16. The first-order valence-corrected chi connectivity index (χ1v) is 10.7. The van der Waals surface area contributed by atoms with Crippen molar-refractivity contribution in [2.75, 3.05) is 0 Å². The van der Waals surface area contributed by atoms with E-state index in [-0.39, 0.29) is 12.5 Å². The number of nitrogens with zero attached hydrogens (tertiary/aromatic N) is 4. The minimum atomic E-state index is -0.533. The van der Waals surface area contributed by atoms with Gasteiger partial charge in [0.15, 0.2) is 5.58 Å². The van der Waals surface area contributed by atoms with Crippen LogP contribution in [-0.4, -0.2) is 25.4 Å². The Morgan fingerprint density at radius 1 is 0.941 bits per heavy atom. The van der Waals surface area contributed by atoms with Crippen molar-refractivity contribution in [3.63, 3.8) is 0 Å². The first kappa shape index (κ1) is 21.3. The highest BCUT2D eigenvalue weighted by atomic mass is 16.4. The first-order valence-electron chi connectivity index (χ1n) is 10.7. The Morgan fingerprint density at radius 2 is 1.71 bits per heavy atom. The Bertz CT molecular complexity index is 1550. The Labute approximate surface area is 194 Å². The fourth-order valence-corrected chi connectivity index (χ4v) is 3.64. The van der Waals surface area contributed by atoms with Gasteiger partial charge in [-0.1, -0.05) is 18.2 Å². The number of carbonyl (C=O) groups excluding carboxylic acids is 1. The lowest BCUT2D eigenvalue weighted by molar-refractivity contribution is 0.0950. The van der Waals surface area contributed by atoms with Gasteiger partial charge in [-0.05, 0) is 61.4 Å². The van der Waals surface area contributed by atoms with Crippen molar-refractivity contribution in [1.29, 1.82) is 0 Å². The fraction of sp³-hybridized carbons (Fsp3) is 0.115. The van der Waals surface area contributed by atoms with Gasteiger partial charge >= 0.3 is 5.76 Å². The minimum absolute atomic E-state index is 0.177. The molecule has 0 radical (unpaired) electrons. The number of pyridine rings is 1. The fourth-order valence-electron chi connectivity index (χ4n) is 3.64. The van der Waals surface area contributed by atoms with E-state index in [1.807, 2.05) is 38.1 Å². The van der Waals surface area contributed by atoms with Crippen LogP contribution in [0.3, 0.4) is 0 Å². The summed E-state index contributed by atoms with van der Waals surface area (Å²) in [5.41, 5.74) is 5.31. The summed E-state index contributed by atoms with van der Waals surface area (Å²) in [6, 6.07) is 16.2. The number of rotatable bonds is 5. The monoisotopic (exact) mass is 451 g/mol. The summed E-state index contributed by atoms with van der Waals surface area (Å²) in [6.45, 7) is 4.03. The summed E-state index contributed by atoms with van der Waals surface area (Å²) >= 11 is 0. The molecule has 8 heteroatoms. The van der Waals surface area contributed by atoms with Crippen LogP contribution >= 0.6 is 0 Å². The Hall–Kier alpha value is -4.59. The molecule has 0 saturated heterocycles. The molecule has 3 aromatic heterocycles. The zero-order valence-corrected chi connectivity index (χ0v) is 18.6. The number of oxazole rings is 1. The number of para-hydroxylation sites is 2. The molecule has 0 fully saturated rings. The highest BCUT2D eigenvalue weighted by Crippen LogP contribution is 2.25. The Balaban J connectivity index is 1.58. The summed E-state index contributed by atoms with van der Waals surface area (Å²) in [7, 11) is 0. The molecule has 0 aliphatic rings. The van der Waals surface area contributed by atoms with E-state index in [0.717, 1.165) is 11.1 Å². The molecular weight excluding hydrogens is 430 g/mol. The number of aromatic nitrogens is 4. The lowest BCUT2D eigenvalue weighted by Gasteiger charge is -2.11. The van der Waals surface area contributed by atoms with Crippen LogP contribution in [0.25, 0.3) is 28.0 Å². The summed E-state index contributed by atoms with van der Waals surface area (Å²) in [4.78, 5) is 38.8. The van der Waals surface area contributed by atoms with Gasteiger partial charge in [-0.3, -0.25) is 9.78 Å². The van der Waals surface area contributed by atoms with Crippen LogP contribution in [0.15, 0.2) is 82.4 Å². The molecule has 0 spiro atoms.